The fourth-order valence-corrected chi connectivity index (χ4v) is 2.42. The molecule has 1 aromatic rings. The van der Waals surface area contributed by atoms with Gasteiger partial charge in [0.25, 0.3) is 5.91 Å². The first-order valence-electron chi connectivity index (χ1n) is 6.29. The van der Waals surface area contributed by atoms with Gasteiger partial charge in [-0.3, -0.25) is 4.79 Å². The Hall–Kier alpha value is -0.870. The van der Waals surface area contributed by atoms with E-state index in [1.54, 1.807) is 0 Å². The van der Waals surface area contributed by atoms with Crippen LogP contribution in [0.5, 0.6) is 0 Å². The van der Waals surface area contributed by atoms with Gasteiger partial charge in [0.2, 0.25) is 0 Å². The van der Waals surface area contributed by atoms with Gasteiger partial charge in [0, 0.05) is 23.2 Å². The molecule has 1 N–H and O–H groups in total. The van der Waals surface area contributed by atoms with Crippen LogP contribution in [0.25, 0.3) is 0 Å². The van der Waals surface area contributed by atoms with Crippen molar-refractivity contribution in [3.05, 3.63) is 33.8 Å². The van der Waals surface area contributed by atoms with E-state index >= 15 is 0 Å². The molecule has 1 atom stereocenters. The number of hydrogen-bond donors (Lipinski definition) is 1. The number of benzene rings is 1. The fraction of sp³-hybridized carbons (Fsp3) is 0.500. The van der Waals surface area contributed by atoms with Crippen molar-refractivity contribution < 1.29 is 9.53 Å². The number of nitrogens with one attached hydrogen (secondary N) is 1. The average Bonchev–Trinajstić information content (AvgIpc) is 2.40. The first kappa shape index (κ1) is 13.6. The molecule has 0 spiro atoms. The van der Waals surface area contributed by atoms with Crippen LogP contribution in [0.15, 0.2) is 22.7 Å². The summed E-state index contributed by atoms with van der Waals surface area (Å²) >= 11 is 3.44. The van der Waals surface area contributed by atoms with Gasteiger partial charge in [-0.25, -0.2) is 0 Å². The minimum Gasteiger partial charge on any atom is -0.381 e. The summed E-state index contributed by atoms with van der Waals surface area (Å²) in [7, 11) is 0. The Labute approximate surface area is 116 Å². The first-order valence-corrected chi connectivity index (χ1v) is 7.08. The van der Waals surface area contributed by atoms with Crippen molar-refractivity contribution in [2.45, 2.75) is 19.8 Å². The van der Waals surface area contributed by atoms with Crippen molar-refractivity contribution in [3.63, 3.8) is 0 Å². The molecular formula is C14H18BrNO2. The smallest absolute Gasteiger partial charge is 0.251 e. The molecule has 1 aliphatic rings. The van der Waals surface area contributed by atoms with Crippen molar-refractivity contribution in [2.75, 3.05) is 19.8 Å². The third-order valence-corrected chi connectivity index (χ3v) is 4.09. The molecule has 1 amide bonds. The molecule has 4 heteroatoms. The highest BCUT2D eigenvalue weighted by Gasteiger charge is 2.15. The first-order chi connectivity index (χ1) is 8.66. The largest absolute Gasteiger partial charge is 0.381 e. The second-order valence-corrected chi connectivity index (χ2v) is 5.61. The van der Waals surface area contributed by atoms with Crippen LogP contribution in [-0.2, 0) is 4.74 Å². The Morgan fingerprint density at radius 3 is 3.06 bits per heavy atom. The zero-order chi connectivity index (χ0) is 13.0. The summed E-state index contributed by atoms with van der Waals surface area (Å²) in [5.74, 6) is 0.442. The van der Waals surface area contributed by atoms with E-state index in [0.717, 1.165) is 36.1 Å². The lowest BCUT2D eigenvalue weighted by atomic mass is 10.0. The Kier molecular flexibility index (Phi) is 4.78. The van der Waals surface area contributed by atoms with Gasteiger partial charge in [0.15, 0.2) is 0 Å². The molecule has 1 aliphatic heterocycles. The maximum atomic E-state index is 12.0. The van der Waals surface area contributed by atoms with Crippen molar-refractivity contribution >= 4 is 21.8 Å². The van der Waals surface area contributed by atoms with Gasteiger partial charge in [-0.15, -0.1) is 0 Å². The second-order valence-electron chi connectivity index (χ2n) is 4.76. The molecule has 0 aromatic heterocycles. The molecule has 1 saturated heterocycles. The van der Waals surface area contributed by atoms with Crippen molar-refractivity contribution in [1.29, 1.82) is 0 Å². The molecule has 0 radical (unpaired) electrons. The number of carbonyl (C=O) groups is 1. The number of rotatable bonds is 3. The lowest BCUT2D eigenvalue weighted by Gasteiger charge is -2.22. The molecule has 2 rings (SSSR count). The van der Waals surface area contributed by atoms with Crippen LogP contribution in [0.3, 0.4) is 0 Å². The monoisotopic (exact) mass is 311 g/mol. The topological polar surface area (TPSA) is 38.3 Å². The highest BCUT2D eigenvalue weighted by atomic mass is 79.9. The molecule has 3 nitrogen and oxygen atoms in total. The number of ether oxygens (including phenoxy) is 1. The van der Waals surface area contributed by atoms with Gasteiger partial charge < -0.3 is 10.1 Å². The van der Waals surface area contributed by atoms with Gasteiger partial charge >= 0.3 is 0 Å². The summed E-state index contributed by atoms with van der Waals surface area (Å²) in [5.41, 5.74) is 1.83. The molecule has 1 aromatic carbocycles. The van der Waals surface area contributed by atoms with Crippen LogP contribution in [0, 0.1) is 12.8 Å². The van der Waals surface area contributed by atoms with Crippen LogP contribution in [0.2, 0.25) is 0 Å². The van der Waals surface area contributed by atoms with Gasteiger partial charge in [-0.05, 0) is 43.4 Å². The molecule has 1 heterocycles. The Balaban J connectivity index is 1.88. The van der Waals surface area contributed by atoms with Crippen molar-refractivity contribution in [1.82, 2.24) is 5.32 Å². The molecule has 1 unspecified atom stereocenters. The number of hydrogen-bond acceptors (Lipinski definition) is 2. The van der Waals surface area contributed by atoms with Gasteiger partial charge in [0.1, 0.15) is 0 Å². The standard InChI is InChI=1S/C14H18BrNO2/c1-10-4-5-12(7-13(10)15)14(17)16-8-11-3-2-6-18-9-11/h4-5,7,11H,2-3,6,8-9H2,1H3,(H,16,17). The maximum absolute atomic E-state index is 12.0. The molecule has 0 bridgehead atoms. The number of amides is 1. The van der Waals surface area contributed by atoms with Crippen LogP contribution in [0.4, 0.5) is 0 Å². The summed E-state index contributed by atoms with van der Waals surface area (Å²) in [6, 6.07) is 5.66. The van der Waals surface area contributed by atoms with Crippen molar-refractivity contribution in [2.24, 2.45) is 5.92 Å². The zero-order valence-corrected chi connectivity index (χ0v) is 12.1. The van der Waals surface area contributed by atoms with Gasteiger partial charge in [-0.2, -0.15) is 0 Å². The third kappa shape index (κ3) is 3.56. The summed E-state index contributed by atoms with van der Waals surface area (Å²) in [4.78, 5) is 12.0. The summed E-state index contributed by atoms with van der Waals surface area (Å²) in [5, 5.41) is 2.98. The molecule has 98 valence electrons. The molecule has 1 fully saturated rings. The van der Waals surface area contributed by atoms with E-state index < -0.39 is 0 Å². The van der Waals surface area contributed by atoms with Crippen molar-refractivity contribution in [3.8, 4) is 0 Å². The Morgan fingerprint density at radius 2 is 2.39 bits per heavy atom. The summed E-state index contributed by atoms with van der Waals surface area (Å²) in [6.07, 6.45) is 2.23. The predicted molar refractivity (Wildman–Crippen MR) is 74.8 cm³/mol. The van der Waals surface area contributed by atoms with E-state index in [4.69, 9.17) is 4.74 Å². The second kappa shape index (κ2) is 6.34. The van der Waals surface area contributed by atoms with Crippen LogP contribution < -0.4 is 5.32 Å². The Morgan fingerprint density at radius 1 is 1.56 bits per heavy atom. The van der Waals surface area contributed by atoms with Crippen LogP contribution >= 0.6 is 15.9 Å². The fourth-order valence-electron chi connectivity index (χ4n) is 2.04. The number of carbonyl (C=O) groups excluding carboxylic acids is 1. The summed E-state index contributed by atoms with van der Waals surface area (Å²) in [6.45, 7) is 4.32. The SMILES string of the molecule is Cc1ccc(C(=O)NCC2CCCOC2)cc1Br. The lowest BCUT2D eigenvalue weighted by Crippen LogP contribution is -2.33. The highest BCUT2D eigenvalue weighted by Crippen LogP contribution is 2.18. The van der Waals surface area contributed by atoms with E-state index in [0.29, 0.717) is 18.0 Å². The van der Waals surface area contributed by atoms with Gasteiger partial charge in [0.05, 0.1) is 6.61 Å². The lowest BCUT2D eigenvalue weighted by molar-refractivity contribution is 0.0536. The minimum atomic E-state index is -0.0127. The maximum Gasteiger partial charge on any atom is 0.251 e. The summed E-state index contributed by atoms with van der Waals surface area (Å²) < 4.78 is 6.36. The van der Waals surface area contributed by atoms with Gasteiger partial charge in [-0.1, -0.05) is 22.0 Å². The number of aryl methyl sites for hydroxylation is 1. The molecule has 0 aliphatic carbocycles. The molecule has 18 heavy (non-hydrogen) atoms. The highest BCUT2D eigenvalue weighted by molar-refractivity contribution is 9.10. The predicted octanol–water partition coefficient (Wildman–Crippen LogP) is 2.91. The van der Waals surface area contributed by atoms with E-state index in [1.807, 2.05) is 25.1 Å². The molecule has 0 saturated carbocycles. The van der Waals surface area contributed by atoms with E-state index in [-0.39, 0.29) is 5.91 Å². The third-order valence-electron chi connectivity index (χ3n) is 3.24. The minimum absolute atomic E-state index is 0.0127. The zero-order valence-electron chi connectivity index (χ0n) is 10.5. The quantitative estimate of drug-likeness (QED) is 0.932. The van der Waals surface area contributed by atoms with E-state index in [9.17, 15) is 4.79 Å². The Bertz CT molecular complexity index is 428. The molecular weight excluding hydrogens is 294 g/mol. The van der Waals surface area contributed by atoms with E-state index in [2.05, 4.69) is 21.2 Å². The van der Waals surface area contributed by atoms with Crippen LogP contribution in [-0.4, -0.2) is 25.7 Å². The average molecular weight is 312 g/mol. The normalized spacial score (nSPS) is 19.6. The number of halogens is 1. The van der Waals surface area contributed by atoms with Crippen LogP contribution in [0.1, 0.15) is 28.8 Å². The van der Waals surface area contributed by atoms with E-state index in [1.165, 1.54) is 0 Å².